The highest BCUT2D eigenvalue weighted by atomic mass is 16.5. The summed E-state index contributed by atoms with van der Waals surface area (Å²) in [7, 11) is 0. The van der Waals surface area contributed by atoms with Crippen LogP contribution >= 0.6 is 0 Å². The number of likely N-dealkylation sites (tertiary alicyclic amines) is 1. The summed E-state index contributed by atoms with van der Waals surface area (Å²) in [5, 5.41) is 13.7. The lowest BCUT2D eigenvalue weighted by Crippen LogP contribution is -2.33. The fourth-order valence-electron chi connectivity index (χ4n) is 4.58. The third kappa shape index (κ3) is 6.93. The van der Waals surface area contributed by atoms with Crippen molar-refractivity contribution in [2.75, 3.05) is 26.2 Å². The van der Waals surface area contributed by atoms with Gasteiger partial charge in [-0.2, -0.15) is 5.26 Å². The van der Waals surface area contributed by atoms with Gasteiger partial charge in [-0.1, -0.05) is 56.2 Å². The van der Waals surface area contributed by atoms with Gasteiger partial charge in [-0.25, -0.2) is 4.98 Å². The van der Waals surface area contributed by atoms with E-state index in [0.717, 1.165) is 54.7 Å². The van der Waals surface area contributed by atoms with Gasteiger partial charge in [0.2, 0.25) is 0 Å². The minimum absolute atomic E-state index is 0.0385. The third-order valence-corrected chi connectivity index (χ3v) is 6.57. The Hall–Kier alpha value is -3.69. The minimum Gasteiger partial charge on any atom is -0.492 e. The second-order valence-corrected chi connectivity index (χ2v) is 9.23. The van der Waals surface area contributed by atoms with Crippen LogP contribution in [0, 0.1) is 11.3 Å². The smallest absolute Gasteiger partial charge is 0.262 e. The summed E-state index contributed by atoms with van der Waals surface area (Å²) in [6.07, 6.45) is 7.11. The molecule has 1 aliphatic heterocycles. The quantitative estimate of drug-likeness (QED) is 0.298. The number of nitrogens with zero attached hydrogens (tertiary/aromatic N) is 3. The summed E-state index contributed by atoms with van der Waals surface area (Å²) in [4.78, 5) is 20.0. The summed E-state index contributed by atoms with van der Waals surface area (Å²) in [5.41, 5.74) is 2.44. The first-order valence-corrected chi connectivity index (χ1v) is 12.9. The lowest BCUT2D eigenvalue weighted by Gasteiger charge is -2.26. The molecule has 4 rings (SSSR count). The Morgan fingerprint density at radius 1 is 1.11 bits per heavy atom. The summed E-state index contributed by atoms with van der Waals surface area (Å²) >= 11 is 0. The molecule has 36 heavy (non-hydrogen) atoms. The maximum Gasteiger partial charge on any atom is 0.262 e. The number of hydrogen-bond donors (Lipinski definition) is 1. The van der Waals surface area contributed by atoms with Crippen molar-refractivity contribution < 1.29 is 9.53 Å². The second kappa shape index (κ2) is 12.9. The molecular weight excluding hydrogens is 448 g/mol. The van der Waals surface area contributed by atoms with Crippen LogP contribution in [0.3, 0.4) is 0 Å². The molecule has 6 heteroatoms. The van der Waals surface area contributed by atoms with E-state index >= 15 is 0 Å². The van der Waals surface area contributed by atoms with E-state index in [1.54, 1.807) is 6.08 Å². The second-order valence-electron chi connectivity index (χ2n) is 9.23. The summed E-state index contributed by atoms with van der Waals surface area (Å²) in [6.45, 7) is 6.03. The number of nitrogens with one attached hydrogen (secondary N) is 1. The van der Waals surface area contributed by atoms with Crippen LogP contribution in [-0.4, -0.2) is 42.0 Å². The predicted octanol–water partition coefficient (Wildman–Crippen LogP) is 5.66. The molecule has 0 spiro atoms. The Morgan fingerprint density at radius 2 is 1.89 bits per heavy atom. The maximum atomic E-state index is 13.0. The molecule has 186 valence electrons. The van der Waals surface area contributed by atoms with E-state index in [1.807, 2.05) is 66.7 Å². The number of para-hydroxylation sites is 1. The van der Waals surface area contributed by atoms with E-state index in [1.165, 1.54) is 19.3 Å². The lowest BCUT2D eigenvalue weighted by molar-refractivity contribution is -0.117. The molecule has 1 aromatic heterocycles. The Kier molecular flexibility index (Phi) is 9.07. The fraction of sp³-hybridized carbons (Fsp3) is 0.367. The van der Waals surface area contributed by atoms with Gasteiger partial charge in [0.25, 0.3) is 5.91 Å². The molecule has 1 saturated heterocycles. The molecule has 0 saturated carbocycles. The van der Waals surface area contributed by atoms with Gasteiger partial charge in [-0.15, -0.1) is 0 Å². The zero-order chi connectivity index (χ0) is 25.2. The molecule has 1 atom stereocenters. The Balaban J connectivity index is 1.39. The maximum absolute atomic E-state index is 13.0. The molecule has 2 heterocycles. The standard InChI is InChI=1S/C30H34N4O2/c1-2-8-28(24-12-15-27(16-13-24)36-20-19-34-17-6-3-7-18-34)33-30(35)25(22-31)21-26-14-11-23-9-4-5-10-29(23)32-26/h4-5,9-16,21,28H,2-3,6-8,17-20H2,1H3,(H,33,35)/b25-21+. The van der Waals surface area contributed by atoms with Gasteiger partial charge >= 0.3 is 0 Å². The topological polar surface area (TPSA) is 78.2 Å². The average molecular weight is 483 g/mol. The summed E-state index contributed by atoms with van der Waals surface area (Å²) in [6, 6.07) is 21.3. The SMILES string of the molecule is CCCC(NC(=O)/C(C#N)=C/c1ccc2ccccc2n1)c1ccc(OCCN2CCCCC2)cc1. The van der Waals surface area contributed by atoms with E-state index in [9.17, 15) is 10.1 Å². The molecular formula is C30H34N4O2. The van der Waals surface area contributed by atoms with Crippen LogP contribution in [-0.2, 0) is 4.79 Å². The van der Waals surface area contributed by atoms with E-state index in [4.69, 9.17) is 4.74 Å². The Bertz CT molecular complexity index is 1220. The first kappa shape index (κ1) is 25.4. The van der Waals surface area contributed by atoms with Crippen molar-refractivity contribution in [2.24, 2.45) is 0 Å². The van der Waals surface area contributed by atoms with Gasteiger partial charge < -0.3 is 10.1 Å². The predicted molar refractivity (Wildman–Crippen MR) is 143 cm³/mol. The highest BCUT2D eigenvalue weighted by molar-refractivity contribution is 6.01. The van der Waals surface area contributed by atoms with Crippen molar-refractivity contribution in [2.45, 2.75) is 45.1 Å². The van der Waals surface area contributed by atoms with Crippen LogP contribution in [0.4, 0.5) is 0 Å². The van der Waals surface area contributed by atoms with E-state index in [0.29, 0.717) is 12.3 Å². The number of pyridine rings is 1. The molecule has 1 unspecified atom stereocenters. The van der Waals surface area contributed by atoms with Crippen molar-refractivity contribution >= 4 is 22.9 Å². The molecule has 0 aliphatic carbocycles. The van der Waals surface area contributed by atoms with E-state index in [-0.39, 0.29) is 11.6 Å². The van der Waals surface area contributed by atoms with Crippen LogP contribution < -0.4 is 10.1 Å². The van der Waals surface area contributed by atoms with Crippen LogP contribution in [0.15, 0.2) is 66.2 Å². The van der Waals surface area contributed by atoms with Crippen LogP contribution in [0.1, 0.15) is 56.3 Å². The zero-order valence-corrected chi connectivity index (χ0v) is 21.0. The van der Waals surface area contributed by atoms with Gasteiger partial charge in [-0.05, 0) is 68.3 Å². The van der Waals surface area contributed by atoms with E-state index in [2.05, 4.69) is 22.1 Å². The van der Waals surface area contributed by atoms with Crippen LogP contribution in [0.25, 0.3) is 17.0 Å². The van der Waals surface area contributed by atoms with E-state index < -0.39 is 5.91 Å². The molecule has 2 aromatic carbocycles. The number of hydrogen-bond acceptors (Lipinski definition) is 5. The van der Waals surface area contributed by atoms with Gasteiger partial charge in [0.15, 0.2) is 0 Å². The monoisotopic (exact) mass is 482 g/mol. The molecule has 1 aliphatic rings. The number of piperidine rings is 1. The highest BCUT2D eigenvalue weighted by Crippen LogP contribution is 2.23. The molecule has 1 N–H and O–H groups in total. The number of amides is 1. The number of carbonyl (C=O) groups is 1. The largest absolute Gasteiger partial charge is 0.492 e. The van der Waals surface area contributed by atoms with Gasteiger partial charge in [0.1, 0.15) is 24.0 Å². The van der Waals surface area contributed by atoms with Crippen molar-refractivity contribution in [3.8, 4) is 11.8 Å². The Labute approximate surface area is 213 Å². The van der Waals surface area contributed by atoms with Gasteiger partial charge in [-0.3, -0.25) is 9.69 Å². The number of ether oxygens (including phenoxy) is 1. The molecule has 0 bridgehead atoms. The first-order chi connectivity index (χ1) is 17.7. The zero-order valence-electron chi connectivity index (χ0n) is 21.0. The number of carbonyl (C=O) groups excluding carboxylic acids is 1. The molecule has 3 aromatic rings. The summed E-state index contributed by atoms with van der Waals surface area (Å²) < 4.78 is 5.95. The molecule has 1 fully saturated rings. The van der Waals surface area contributed by atoms with Crippen molar-refractivity contribution in [1.82, 2.24) is 15.2 Å². The lowest BCUT2D eigenvalue weighted by atomic mass is 10.0. The fourth-order valence-corrected chi connectivity index (χ4v) is 4.58. The number of rotatable bonds is 10. The van der Waals surface area contributed by atoms with Gasteiger partial charge in [0.05, 0.1) is 17.3 Å². The summed E-state index contributed by atoms with van der Waals surface area (Å²) in [5.74, 6) is 0.435. The number of benzene rings is 2. The van der Waals surface area contributed by atoms with Crippen molar-refractivity contribution in [3.05, 3.63) is 77.5 Å². The number of fused-ring (bicyclic) bond motifs is 1. The first-order valence-electron chi connectivity index (χ1n) is 12.9. The van der Waals surface area contributed by atoms with Crippen molar-refractivity contribution in [1.29, 1.82) is 5.26 Å². The number of nitriles is 1. The molecule has 6 nitrogen and oxygen atoms in total. The average Bonchev–Trinajstić information content (AvgIpc) is 2.92. The van der Waals surface area contributed by atoms with Crippen LogP contribution in [0.2, 0.25) is 0 Å². The Morgan fingerprint density at radius 3 is 2.64 bits per heavy atom. The third-order valence-electron chi connectivity index (χ3n) is 6.57. The minimum atomic E-state index is -0.396. The highest BCUT2D eigenvalue weighted by Gasteiger charge is 2.17. The molecule has 0 radical (unpaired) electrons. The molecule has 1 amide bonds. The van der Waals surface area contributed by atoms with Crippen LogP contribution in [0.5, 0.6) is 5.75 Å². The number of aromatic nitrogens is 1. The normalized spacial score (nSPS) is 15.3. The van der Waals surface area contributed by atoms with Gasteiger partial charge in [0, 0.05) is 11.9 Å². The van der Waals surface area contributed by atoms with Crippen molar-refractivity contribution in [3.63, 3.8) is 0 Å².